The van der Waals surface area contributed by atoms with E-state index in [9.17, 15) is 0 Å². The smallest absolute Gasteiger partial charge is 0.169 e. The summed E-state index contributed by atoms with van der Waals surface area (Å²) in [5, 5.41) is 0. The van der Waals surface area contributed by atoms with Gasteiger partial charge >= 0.3 is 0 Å². The SMILES string of the molecule is CCCCCCCc1ccc(-c2cnc(-c3ccc(CCCCCCC)s3)nc2)s1. The zero-order chi connectivity index (χ0) is 21.0. The number of hydrogen-bond donors (Lipinski definition) is 0. The van der Waals surface area contributed by atoms with Crippen molar-refractivity contribution < 1.29 is 0 Å². The van der Waals surface area contributed by atoms with Crippen molar-refractivity contribution in [1.29, 1.82) is 0 Å². The third-order valence-electron chi connectivity index (χ3n) is 5.53. The molecule has 0 aliphatic heterocycles. The van der Waals surface area contributed by atoms with E-state index in [1.807, 2.05) is 35.1 Å². The average molecular weight is 441 g/mol. The largest absolute Gasteiger partial charge is 0.235 e. The highest BCUT2D eigenvalue weighted by molar-refractivity contribution is 7.15. The van der Waals surface area contributed by atoms with Gasteiger partial charge in [-0.1, -0.05) is 65.2 Å². The van der Waals surface area contributed by atoms with E-state index in [4.69, 9.17) is 0 Å². The topological polar surface area (TPSA) is 25.8 Å². The Labute approximate surface area is 190 Å². The molecule has 0 amide bonds. The van der Waals surface area contributed by atoms with Gasteiger partial charge in [0.1, 0.15) is 0 Å². The molecule has 3 aromatic heterocycles. The van der Waals surface area contributed by atoms with Crippen LogP contribution in [0.2, 0.25) is 0 Å². The number of unbranched alkanes of at least 4 members (excludes halogenated alkanes) is 8. The summed E-state index contributed by atoms with van der Waals surface area (Å²) in [7, 11) is 0. The van der Waals surface area contributed by atoms with E-state index in [-0.39, 0.29) is 0 Å². The van der Waals surface area contributed by atoms with E-state index in [0.717, 1.165) is 11.4 Å². The predicted octanol–water partition coefficient (Wildman–Crippen LogP) is 8.96. The van der Waals surface area contributed by atoms with Gasteiger partial charge in [-0.2, -0.15) is 0 Å². The first-order valence-electron chi connectivity index (χ1n) is 11.8. The maximum Gasteiger partial charge on any atom is 0.169 e. The Morgan fingerprint density at radius 1 is 0.600 bits per heavy atom. The lowest BCUT2D eigenvalue weighted by molar-refractivity contribution is 0.634. The molecule has 0 N–H and O–H groups in total. The van der Waals surface area contributed by atoms with E-state index < -0.39 is 0 Å². The van der Waals surface area contributed by atoms with E-state index in [1.54, 1.807) is 0 Å². The van der Waals surface area contributed by atoms with Crippen LogP contribution in [0.5, 0.6) is 0 Å². The highest BCUT2D eigenvalue weighted by Gasteiger charge is 2.08. The summed E-state index contributed by atoms with van der Waals surface area (Å²) in [4.78, 5) is 14.7. The van der Waals surface area contributed by atoms with Crippen LogP contribution < -0.4 is 0 Å². The van der Waals surface area contributed by atoms with Gasteiger partial charge in [0.2, 0.25) is 0 Å². The summed E-state index contributed by atoms with van der Waals surface area (Å²) >= 11 is 3.74. The molecule has 30 heavy (non-hydrogen) atoms. The number of nitrogens with zero attached hydrogens (tertiary/aromatic N) is 2. The summed E-state index contributed by atoms with van der Waals surface area (Å²) in [6.45, 7) is 4.54. The maximum atomic E-state index is 4.67. The monoisotopic (exact) mass is 440 g/mol. The number of aromatic nitrogens is 2. The molecule has 0 aromatic carbocycles. The van der Waals surface area contributed by atoms with Gasteiger partial charge in [-0.05, 0) is 49.9 Å². The number of rotatable bonds is 14. The number of hydrogen-bond acceptors (Lipinski definition) is 4. The summed E-state index contributed by atoms with van der Waals surface area (Å²) in [5.41, 5.74) is 1.13. The lowest BCUT2D eigenvalue weighted by Crippen LogP contribution is -1.86. The molecule has 0 aliphatic rings. The minimum atomic E-state index is 0.855. The molecule has 3 rings (SSSR count). The Morgan fingerprint density at radius 2 is 1.10 bits per heavy atom. The molecule has 0 aliphatic carbocycles. The van der Waals surface area contributed by atoms with Crippen LogP contribution in [0.3, 0.4) is 0 Å². The Balaban J connectivity index is 1.50. The van der Waals surface area contributed by atoms with Crippen LogP contribution in [0, 0.1) is 0 Å². The molecular weight excluding hydrogens is 404 g/mol. The van der Waals surface area contributed by atoms with E-state index >= 15 is 0 Å². The van der Waals surface area contributed by atoms with Crippen LogP contribution in [0.25, 0.3) is 21.1 Å². The first kappa shape index (κ1) is 23.1. The Kier molecular flexibility index (Phi) is 10.0. The van der Waals surface area contributed by atoms with E-state index in [0.29, 0.717) is 0 Å². The third kappa shape index (κ3) is 7.31. The average Bonchev–Trinajstić information content (AvgIpc) is 3.44. The molecule has 4 heteroatoms. The second-order valence-corrected chi connectivity index (χ2v) is 10.5. The Hall–Kier alpha value is -1.52. The summed E-state index contributed by atoms with van der Waals surface area (Å²) < 4.78 is 0. The fraction of sp³-hybridized carbons (Fsp3) is 0.538. The van der Waals surface area contributed by atoms with Crippen molar-refractivity contribution >= 4 is 22.7 Å². The van der Waals surface area contributed by atoms with Gasteiger partial charge in [0, 0.05) is 32.6 Å². The summed E-state index contributed by atoms with van der Waals surface area (Å²) in [6, 6.07) is 8.94. The molecule has 3 heterocycles. The van der Waals surface area contributed by atoms with Gasteiger partial charge in [0.05, 0.1) is 4.88 Å². The maximum absolute atomic E-state index is 4.67. The minimum Gasteiger partial charge on any atom is -0.235 e. The van der Waals surface area contributed by atoms with Crippen molar-refractivity contribution in [2.24, 2.45) is 0 Å². The molecule has 0 spiro atoms. The zero-order valence-corrected chi connectivity index (χ0v) is 20.3. The van der Waals surface area contributed by atoms with Gasteiger partial charge in [0.25, 0.3) is 0 Å². The molecule has 0 fully saturated rings. The highest BCUT2D eigenvalue weighted by Crippen LogP contribution is 2.31. The van der Waals surface area contributed by atoms with Crippen molar-refractivity contribution in [3.63, 3.8) is 0 Å². The molecule has 0 atom stereocenters. The first-order valence-corrected chi connectivity index (χ1v) is 13.4. The molecular formula is C26H36N2S2. The zero-order valence-electron chi connectivity index (χ0n) is 18.7. The second kappa shape index (κ2) is 13.0. The standard InChI is InChI=1S/C26H36N2S2/c1-3-5-7-9-11-13-22-15-17-24(29-22)21-19-27-26(28-20-21)25-18-16-23(30-25)14-12-10-8-6-4-2/h15-20H,3-14H2,1-2H3. The molecule has 162 valence electrons. The third-order valence-corrected chi connectivity index (χ3v) is 7.87. The second-order valence-electron chi connectivity index (χ2n) is 8.16. The van der Waals surface area contributed by atoms with E-state index in [2.05, 4.69) is 48.1 Å². The van der Waals surface area contributed by atoms with Crippen molar-refractivity contribution in [3.05, 3.63) is 46.4 Å². The first-order chi connectivity index (χ1) is 14.8. The lowest BCUT2D eigenvalue weighted by Gasteiger charge is -2.00. The summed E-state index contributed by atoms with van der Waals surface area (Å²) in [5.74, 6) is 0.855. The van der Waals surface area contributed by atoms with Gasteiger partial charge in [-0.15, -0.1) is 22.7 Å². The highest BCUT2D eigenvalue weighted by atomic mass is 32.1. The normalized spacial score (nSPS) is 11.3. The van der Waals surface area contributed by atoms with Gasteiger partial charge in [-0.3, -0.25) is 0 Å². The van der Waals surface area contributed by atoms with Crippen LogP contribution in [-0.4, -0.2) is 9.97 Å². The van der Waals surface area contributed by atoms with Gasteiger partial charge < -0.3 is 0 Å². The molecule has 0 unspecified atom stereocenters. The summed E-state index contributed by atoms with van der Waals surface area (Å²) in [6.07, 6.45) is 19.7. The minimum absolute atomic E-state index is 0.855. The number of thiophene rings is 2. The quantitative estimate of drug-likeness (QED) is 0.234. The van der Waals surface area contributed by atoms with Crippen molar-refractivity contribution in [2.45, 2.75) is 90.9 Å². The van der Waals surface area contributed by atoms with Gasteiger partial charge in [0.15, 0.2) is 5.82 Å². The predicted molar refractivity (Wildman–Crippen MR) is 134 cm³/mol. The van der Waals surface area contributed by atoms with Crippen molar-refractivity contribution in [1.82, 2.24) is 9.97 Å². The van der Waals surface area contributed by atoms with Gasteiger partial charge in [-0.25, -0.2) is 9.97 Å². The van der Waals surface area contributed by atoms with Crippen LogP contribution in [0.4, 0.5) is 0 Å². The Bertz CT molecular complexity index is 777. The lowest BCUT2D eigenvalue weighted by atomic mass is 10.1. The molecule has 2 nitrogen and oxygen atoms in total. The van der Waals surface area contributed by atoms with Crippen LogP contribution in [-0.2, 0) is 12.8 Å². The fourth-order valence-corrected chi connectivity index (χ4v) is 5.71. The van der Waals surface area contributed by atoms with Crippen molar-refractivity contribution in [2.75, 3.05) is 0 Å². The Morgan fingerprint density at radius 3 is 1.67 bits per heavy atom. The number of aryl methyl sites for hydroxylation is 2. The molecule has 0 radical (unpaired) electrons. The molecule has 0 bridgehead atoms. The van der Waals surface area contributed by atoms with Crippen molar-refractivity contribution in [3.8, 4) is 21.1 Å². The van der Waals surface area contributed by atoms with Crippen LogP contribution in [0.1, 0.15) is 87.8 Å². The molecule has 0 saturated heterocycles. The fourth-order valence-electron chi connectivity index (χ4n) is 3.69. The van der Waals surface area contributed by atoms with E-state index in [1.165, 1.54) is 96.6 Å². The molecule has 0 saturated carbocycles. The van der Waals surface area contributed by atoms with Crippen LogP contribution >= 0.6 is 22.7 Å². The molecule has 3 aromatic rings. The van der Waals surface area contributed by atoms with Crippen LogP contribution in [0.15, 0.2) is 36.7 Å².